The van der Waals surface area contributed by atoms with E-state index in [0.717, 1.165) is 28.8 Å². The van der Waals surface area contributed by atoms with Gasteiger partial charge in [0.25, 0.3) is 0 Å². The molecule has 0 aliphatic carbocycles. The molecule has 3 rings (SSSR count). The molecule has 7 nitrogen and oxygen atoms in total. The molecule has 0 aliphatic heterocycles. The molecule has 0 saturated carbocycles. The lowest BCUT2D eigenvalue weighted by molar-refractivity contribution is -0.137. The summed E-state index contributed by atoms with van der Waals surface area (Å²) in [6.07, 6.45) is -3.82. The number of hydrogen-bond donors (Lipinski definition) is 1. The normalized spacial score (nSPS) is 11.9. The van der Waals surface area contributed by atoms with Gasteiger partial charge >= 0.3 is 12.3 Å². The van der Waals surface area contributed by atoms with Crippen LogP contribution in [0.15, 0.2) is 48.5 Å². The number of hydrogen-bond acceptors (Lipinski definition) is 5. The van der Waals surface area contributed by atoms with E-state index in [9.17, 15) is 18.0 Å². The van der Waals surface area contributed by atoms with Crippen molar-refractivity contribution in [2.45, 2.75) is 51.9 Å². The molecule has 3 aromatic rings. The number of tetrazole rings is 1. The lowest BCUT2D eigenvalue weighted by Gasteiger charge is -2.19. The Morgan fingerprint density at radius 2 is 1.76 bits per heavy atom. The molecule has 0 aliphatic rings. The Kier molecular flexibility index (Phi) is 7.35. The zero-order valence-electron chi connectivity index (χ0n) is 18.7. The Hall–Kier alpha value is -3.43. The molecule has 0 spiro atoms. The zero-order chi connectivity index (χ0) is 24.1. The second-order valence-electron chi connectivity index (χ2n) is 8.52. The molecule has 2 aromatic carbocycles. The topological polar surface area (TPSA) is 81.9 Å². The highest BCUT2D eigenvalue weighted by Crippen LogP contribution is 2.30. The highest BCUT2D eigenvalue weighted by atomic mass is 19.4. The average Bonchev–Trinajstić information content (AvgIpc) is 3.19. The molecule has 0 bridgehead atoms. The zero-order valence-corrected chi connectivity index (χ0v) is 18.7. The molecular formula is C23H26F3N5O2. The number of ether oxygens (including phenoxy) is 1. The van der Waals surface area contributed by atoms with Crippen molar-refractivity contribution in [1.29, 1.82) is 0 Å². The first-order valence-electron chi connectivity index (χ1n) is 10.5. The first kappa shape index (κ1) is 24.2. The van der Waals surface area contributed by atoms with Crippen molar-refractivity contribution in [3.63, 3.8) is 0 Å². The quantitative estimate of drug-likeness (QED) is 0.508. The van der Waals surface area contributed by atoms with Crippen LogP contribution in [0.5, 0.6) is 0 Å². The van der Waals surface area contributed by atoms with Crippen molar-refractivity contribution in [3.05, 3.63) is 65.2 Å². The molecule has 33 heavy (non-hydrogen) atoms. The maximum atomic E-state index is 12.8. The van der Waals surface area contributed by atoms with Crippen LogP contribution in [0.25, 0.3) is 11.4 Å². The van der Waals surface area contributed by atoms with Gasteiger partial charge in [0.05, 0.1) is 12.1 Å². The monoisotopic (exact) mass is 461 g/mol. The average molecular weight is 461 g/mol. The fraction of sp³-hybridized carbons (Fsp3) is 0.391. The third kappa shape index (κ3) is 7.30. The van der Waals surface area contributed by atoms with E-state index in [-0.39, 0.29) is 0 Å². The molecule has 0 unspecified atom stereocenters. The number of aromatic nitrogens is 4. The van der Waals surface area contributed by atoms with Crippen LogP contribution in [0, 0.1) is 0 Å². The summed E-state index contributed by atoms with van der Waals surface area (Å²) in [5.41, 5.74) is 1.15. The SMILES string of the molecule is CC(C)(C)OC(=O)NCCCn1nnc(-c2ccccc2Cc2ccc(C(F)(F)F)cc2)n1. The van der Waals surface area contributed by atoms with Gasteiger partial charge in [-0.3, -0.25) is 0 Å². The Labute approximate surface area is 189 Å². The summed E-state index contributed by atoms with van der Waals surface area (Å²) in [6.45, 7) is 6.23. The minimum atomic E-state index is -4.36. The smallest absolute Gasteiger partial charge is 0.416 e. The van der Waals surface area contributed by atoms with Gasteiger partial charge in [-0.05, 0) is 62.1 Å². The third-order valence-electron chi connectivity index (χ3n) is 4.59. The number of carbonyl (C=O) groups is 1. The molecule has 0 radical (unpaired) electrons. The summed E-state index contributed by atoms with van der Waals surface area (Å²) in [6, 6.07) is 12.6. The van der Waals surface area contributed by atoms with Gasteiger partial charge in [-0.2, -0.15) is 18.0 Å². The van der Waals surface area contributed by atoms with Crippen molar-refractivity contribution in [2.75, 3.05) is 6.54 Å². The number of amides is 1. The lowest BCUT2D eigenvalue weighted by Crippen LogP contribution is -2.33. The maximum Gasteiger partial charge on any atom is 0.416 e. The lowest BCUT2D eigenvalue weighted by atomic mass is 9.98. The molecule has 0 saturated heterocycles. The molecule has 1 amide bonds. The molecule has 1 N–H and O–H groups in total. The Balaban J connectivity index is 1.61. The van der Waals surface area contributed by atoms with Gasteiger partial charge in [-0.15, -0.1) is 10.2 Å². The number of rotatable bonds is 7. The number of halogens is 3. The Bertz CT molecular complexity index is 1070. The highest BCUT2D eigenvalue weighted by Gasteiger charge is 2.30. The summed E-state index contributed by atoms with van der Waals surface area (Å²) in [7, 11) is 0. The number of alkyl halides is 3. The molecule has 1 aromatic heterocycles. The number of alkyl carbamates (subject to hydrolysis) is 1. The van der Waals surface area contributed by atoms with E-state index in [0.29, 0.717) is 31.8 Å². The summed E-state index contributed by atoms with van der Waals surface area (Å²) in [5.74, 6) is 0.428. The van der Waals surface area contributed by atoms with Crippen LogP contribution >= 0.6 is 0 Å². The van der Waals surface area contributed by atoms with Crippen LogP contribution in [0.2, 0.25) is 0 Å². The van der Waals surface area contributed by atoms with E-state index < -0.39 is 23.4 Å². The van der Waals surface area contributed by atoms with E-state index >= 15 is 0 Å². The van der Waals surface area contributed by atoms with E-state index in [1.165, 1.54) is 16.9 Å². The van der Waals surface area contributed by atoms with Gasteiger partial charge < -0.3 is 10.1 Å². The van der Waals surface area contributed by atoms with E-state index in [2.05, 4.69) is 20.7 Å². The number of nitrogens with zero attached hydrogens (tertiary/aromatic N) is 4. The minimum absolute atomic E-state index is 0.399. The summed E-state index contributed by atoms with van der Waals surface area (Å²) in [4.78, 5) is 13.1. The van der Waals surface area contributed by atoms with Crippen molar-refractivity contribution in [1.82, 2.24) is 25.5 Å². The van der Waals surface area contributed by atoms with Crippen LogP contribution in [0.4, 0.5) is 18.0 Å². The second kappa shape index (κ2) is 10.0. The standard InChI is InChI=1S/C23H26F3N5O2/c1-22(2,3)33-21(32)27-13-6-14-31-29-20(28-30-31)19-8-5-4-7-17(19)15-16-9-11-18(12-10-16)23(24,25)26/h4-5,7-12H,6,13-15H2,1-3H3,(H,27,32). The first-order chi connectivity index (χ1) is 15.5. The number of nitrogens with one attached hydrogen (secondary N) is 1. The van der Waals surface area contributed by atoms with Crippen molar-refractivity contribution in [3.8, 4) is 11.4 Å². The van der Waals surface area contributed by atoms with Crippen LogP contribution in [-0.4, -0.2) is 38.4 Å². The molecule has 0 atom stereocenters. The molecule has 0 fully saturated rings. The minimum Gasteiger partial charge on any atom is -0.444 e. The van der Waals surface area contributed by atoms with E-state index in [1.807, 2.05) is 24.3 Å². The third-order valence-corrected chi connectivity index (χ3v) is 4.59. The Morgan fingerprint density at radius 1 is 1.06 bits per heavy atom. The summed E-state index contributed by atoms with van der Waals surface area (Å²) >= 11 is 0. The van der Waals surface area contributed by atoms with Gasteiger partial charge in [-0.25, -0.2) is 4.79 Å². The van der Waals surface area contributed by atoms with Crippen molar-refractivity contribution >= 4 is 6.09 Å². The molecular weight excluding hydrogens is 435 g/mol. The number of benzene rings is 2. The predicted molar refractivity (Wildman–Crippen MR) is 116 cm³/mol. The van der Waals surface area contributed by atoms with Crippen LogP contribution in [-0.2, 0) is 23.9 Å². The maximum absolute atomic E-state index is 12.8. The fourth-order valence-corrected chi connectivity index (χ4v) is 3.09. The van der Waals surface area contributed by atoms with Gasteiger partial charge in [0.15, 0.2) is 0 Å². The Morgan fingerprint density at radius 3 is 2.42 bits per heavy atom. The van der Waals surface area contributed by atoms with Gasteiger partial charge in [0.1, 0.15) is 5.60 Å². The van der Waals surface area contributed by atoms with Crippen LogP contribution < -0.4 is 5.32 Å². The van der Waals surface area contributed by atoms with Gasteiger partial charge in [0, 0.05) is 12.1 Å². The summed E-state index contributed by atoms with van der Waals surface area (Å²) in [5, 5.41) is 15.3. The van der Waals surface area contributed by atoms with Crippen LogP contribution in [0.1, 0.15) is 43.9 Å². The number of aryl methyl sites for hydroxylation is 1. The van der Waals surface area contributed by atoms with Gasteiger partial charge in [0.2, 0.25) is 5.82 Å². The first-order valence-corrected chi connectivity index (χ1v) is 10.5. The fourth-order valence-electron chi connectivity index (χ4n) is 3.09. The van der Waals surface area contributed by atoms with E-state index in [4.69, 9.17) is 4.74 Å². The predicted octanol–water partition coefficient (Wildman–Crippen LogP) is 4.86. The van der Waals surface area contributed by atoms with Crippen LogP contribution in [0.3, 0.4) is 0 Å². The number of carbonyl (C=O) groups excluding carboxylic acids is 1. The molecule has 10 heteroatoms. The second-order valence-corrected chi connectivity index (χ2v) is 8.52. The highest BCUT2D eigenvalue weighted by molar-refractivity contribution is 5.67. The van der Waals surface area contributed by atoms with Gasteiger partial charge in [-0.1, -0.05) is 36.4 Å². The van der Waals surface area contributed by atoms with Crippen molar-refractivity contribution in [2.24, 2.45) is 0 Å². The van der Waals surface area contributed by atoms with Crippen molar-refractivity contribution < 1.29 is 22.7 Å². The molecule has 1 heterocycles. The molecule has 176 valence electrons. The summed E-state index contributed by atoms with van der Waals surface area (Å²) < 4.78 is 43.6. The largest absolute Gasteiger partial charge is 0.444 e. The van der Waals surface area contributed by atoms with E-state index in [1.54, 1.807) is 20.8 Å².